The molecular weight excluding hydrogens is 394 g/mol. The number of carbonyl (C=O) groups excluding carboxylic acids is 1. The summed E-state index contributed by atoms with van der Waals surface area (Å²) in [6, 6.07) is 19.9. The molecule has 0 aliphatic carbocycles. The highest BCUT2D eigenvalue weighted by Gasteiger charge is 2.33. The van der Waals surface area contributed by atoms with E-state index in [0.29, 0.717) is 31.2 Å². The van der Waals surface area contributed by atoms with E-state index in [-0.39, 0.29) is 5.91 Å². The summed E-state index contributed by atoms with van der Waals surface area (Å²) >= 11 is 1.66. The van der Waals surface area contributed by atoms with Gasteiger partial charge in [-0.3, -0.25) is 4.79 Å². The van der Waals surface area contributed by atoms with E-state index in [4.69, 9.17) is 9.47 Å². The normalized spacial score (nSPS) is 11.2. The van der Waals surface area contributed by atoms with Gasteiger partial charge in [0.25, 0.3) is 0 Å². The van der Waals surface area contributed by atoms with Crippen molar-refractivity contribution in [3.63, 3.8) is 0 Å². The molecule has 2 aromatic carbocycles. The average molecular weight is 424 g/mol. The molecule has 0 atom stereocenters. The van der Waals surface area contributed by atoms with E-state index in [2.05, 4.69) is 0 Å². The number of benzene rings is 2. The molecule has 4 nitrogen and oxygen atoms in total. The summed E-state index contributed by atoms with van der Waals surface area (Å²) < 4.78 is 11.5. The molecule has 0 aliphatic rings. The summed E-state index contributed by atoms with van der Waals surface area (Å²) in [7, 11) is 1.64. The minimum absolute atomic E-state index is 0.105. The predicted octanol–water partition coefficient (Wildman–Crippen LogP) is 5.66. The Hall–Kier alpha value is -2.79. The molecule has 30 heavy (non-hydrogen) atoms. The highest BCUT2D eigenvalue weighted by Crippen LogP contribution is 2.31. The largest absolute Gasteiger partial charge is 0.493 e. The fourth-order valence-corrected chi connectivity index (χ4v) is 4.01. The molecule has 3 rings (SSSR count). The molecule has 1 aromatic heterocycles. The van der Waals surface area contributed by atoms with E-state index < -0.39 is 5.41 Å². The Kier molecular flexibility index (Phi) is 7.16. The van der Waals surface area contributed by atoms with Crippen LogP contribution in [-0.4, -0.2) is 24.5 Å². The van der Waals surface area contributed by atoms with E-state index >= 15 is 0 Å². The summed E-state index contributed by atoms with van der Waals surface area (Å²) in [5.74, 6) is 1.48. The second kappa shape index (κ2) is 9.81. The third kappa shape index (κ3) is 5.03. The summed E-state index contributed by atoms with van der Waals surface area (Å²) in [5.41, 5.74) is 1.43. The van der Waals surface area contributed by atoms with Gasteiger partial charge in [-0.05, 0) is 55.5 Å². The van der Waals surface area contributed by atoms with Gasteiger partial charge in [-0.1, -0.05) is 42.5 Å². The van der Waals surface area contributed by atoms with Crippen LogP contribution >= 0.6 is 11.3 Å². The van der Waals surface area contributed by atoms with Crippen molar-refractivity contribution in [1.82, 2.24) is 4.90 Å². The van der Waals surface area contributed by atoms with E-state index in [0.717, 1.165) is 16.0 Å². The Balaban J connectivity index is 1.74. The SMILES string of the molecule is CCN(Cc1ccc(OCc2cccs2)c(OC)c1)C(=O)C(C)(C)c1ccccc1. The summed E-state index contributed by atoms with van der Waals surface area (Å²) in [5, 5.41) is 2.03. The minimum Gasteiger partial charge on any atom is -0.493 e. The molecule has 0 bridgehead atoms. The number of amides is 1. The van der Waals surface area contributed by atoms with Crippen molar-refractivity contribution in [3.8, 4) is 11.5 Å². The second-order valence-electron chi connectivity index (χ2n) is 7.66. The maximum atomic E-state index is 13.3. The minimum atomic E-state index is -0.592. The van der Waals surface area contributed by atoms with Crippen LogP contribution in [0, 0.1) is 0 Å². The first-order chi connectivity index (χ1) is 14.5. The third-order valence-corrected chi connectivity index (χ3v) is 6.10. The van der Waals surface area contributed by atoms with Gasteiger partial charge in [0.1, 0.15) is 6.61 Å². The van der Waals surface area contributed by atoms with Crippen LogP contribution in [0.1, 0.15) is 36.8 Å². The molecule has 1 heterocycles. The van der Waals surface area contributed by atoms with Gasteiger partial charge in [-0.25, -0.2) is 0 Å². The number of thiophene rings is 1. The van der Waals surface area contributed by atoms with Crippen LogP contribution in [-0.2, 0) is 23.4 Å². The van der Waals surface area contributed by atoms with Crippen LogP contribution in [0.5, 0.6) is 11.5 Å². The number of rotatable bonds is 9. The zero-order chi connectivity index (χ0) is 21.6. The average Bonchev–Trinajstić information content (AvgIpc) is 3.30. The van der Waals surface area contributed by atoms with Gasteiger partial charge < -0.3 is 14.4 Å². The van der Waals surface area contributed by atoms with Gasteiger partial charge in [0, 0.05) is 18.0 Å². The summed E-state index contributed by atoms with van der Waals surface area (Å²) in [6.45, 7) is 7.64. The van der Waals surface area contributed by atoms with Crippen molar-refractivity contribution in [1.29, 1.82) is 0 Å². The van der Waals surface area contributed by atoms with Crippen LogP contribution in [0.3, 0.4) is 0 Å². The van der Waals surface area contributed by atoms with Crippen molar-refractivity contribution >= 4 is 17.2 Å². The van der Waals surface area contributed by atoms with Crippen LogP contribution in [0.4, 0.5) is 0 Å². The lowest BCUT2D eigenvalue weighted by Crippen LogP contribution is -2.43. The van der Waals surface area contributed by atoms with Gasteiger partial charge in [-0.2, -0.15) is 0 Å². The number of hydrogen-bond donors (Lipinski definition) is 0. The van der Waals surface area contributed by atoms with Crippen LogP contribution < -0.4 is 9.47 Å². The van der Waals surface area contributed by atoms with Crippen molar-refractivity contribution < 1.29 is 14.3 Å². The number of likely N-dealkylation sites (N-methyl/N-ethyl adjacent to an activating group) is 1. The maximum Gasteiger partial charge on any atom is 0.232 e. The van der Waals surface area contributed by atoms with E-state index in [1.165, 1.54) is 0 Å². The topological polar surface area (TPSA) is 38.8 Å². The molecule has 0 fully saturated rings. The van der Waals surface area contributed by atoms with E-state index in [1.54, 1.807) is 18.4 Å². The molecule has 3 aromatic rings. The first-order valence-electron chi connectivity index (χ1n) is 10.1. The molecule has 1 amide bonds. The molecule has 0 spiro atoms. The summed E-state index contributed by atoms with van der Waals surface area (Å²) in [6.07, 6.45) is 0. The monoisotopic (exact) mass is 423 g/mol. The van der Waals surface area contributed by atoms with Gasteiger partial charge in [0.05, 0.1) is 12.5 Å². The first kappa shape index (κ1) is 21.9. The Labute approximate surface area is 183 Å². The van der Waals surface area contributed by atoms with Gasteiger partial charge in [0.15, 0.2) is 11.5 Å². The van der Waals surface area contributed by atoms with Crippen molar-refractivity contribution in [3.05, 3.63) is 82.0 Å². The van der Waals surface area contributed by atoms with Crippen molar-refractivity contribution in [2.75, 3.05) is 13.7 Å². The Morgan fingerprint density at radius 3 is 2.43 bits per heavy atom. The molecular formula is C25H29NO3S. The number of ether oxygens (including phenoxy) is 2. The van der Waals surface area contributed by atoms with Gasteiger partial charge in [0.2, 0.25) is 5.91 Å². The van der Waals surface area contributed by atoms with Crippen LogP contribution in [0.15, 0.2) is 66.0 Å². The maximum absolute atomic E-state index is 13.3. The lowest BCUT2D eigenvalue weighted by Gasteiger charge is -2.32. The van der Waals surface area contributed by atoms with Gasteiger partial charge in [-0.15, -0.1) is 11.3 Å². The molecule has 0 unspecified atom stereocenters. The fraction of sp³-hybridized carbons (Fsp3) is 0.320. The van der Waals surface area contributed by atoms with E-state index in [9.17, 15) is 4.79 Å². The highest BCUT2D eigenvalue weighted by molar-refractivity contribution is 7.09. The molecule has 0 N–H and O–H groups in total. The number of nitrogens with zero attached hydrogens (tertiary/aromatic N) is 1. The second-order valence-corrected chi connectivity index (χ2v) is 8.70. The molecule has 5 heteroatoms. The standard InChI is InChI=1S/C25H29NO3S/c1-5-26(24(27)25(2,3)20-10-7-6-8-11-20)17-19-13-14-22(23(16-19)28-4)29-18-21-12-9-15-30-21/h6-16H,5,17-18H2,1-4H3. The van der Waals surface area contributed by atoms with Gasteiger partial charge >= 0.3 is 0 Å². The lowest BCUT2D eigenvalue weighted by atomic mass is 9.83. The van der Waals surface area contributed by atoms with Crippen LogP contribution in [0.25, 0.3) is 0 Å². The van der Waals surface area contributed by atoms with Crippen LogP contribution in [0.2, 0.25) is 0 Å². The number of methoxy groups -OCH3 is 1. The Morgan fingerprint density at radius 1 is 1.03 bits per heavy atom. The number of carbonyl (C=O) groups is 1. The predicted molar refractivity (Wildman–Crippen MR) is 122 cm³/mol. The number of hydrogen-bond acceptors (Lipinski definition) is 4. The summed E-state index contributed by atoms with van der Waals surface area (Å²) in [4.78, 5) is 16.4. The zero-order valence-electron chi connectivity index (χ0n) is 18.1. The molecule has 0 saturated heterocycles. The molecule has 0 radical (unpaired) electrons. The third-order valence-electron chi connectivity index (χ3n) is 5.25. The lowest BCUT2D eigenvalue weighted by molar-refractivity contribution is -0.136. The quantitative estimate of drug-likeness (QED) is 0.446. The van der Waals surface area contributed by atoms with Crippen molar-refractivity contribution in [2.45, 2.75) is 39.3 Å². The smallest absolute Gasteiger partial charge is 0.232 e. The molecule has 0 saturated carbocycles. The molecule has 158 valence electrons. The molecule has 0 aliphatic heterocycles. The Bertz CT molecular complexity index is 952. The zero-order valence-corrected chi connectivity index (χ0v) is 18.9. The Morgan fingerprint density at radius 2 is 1.80 bits per heavy atom. The highest BCUT2D eigenvalue weighted by atomic mass is 32.1. The van der Waals surface area contributed by atoms with E-state index in [1.807, 2.05) is 91.7 Å². The first-order valence-corrected chi connectivity index (χ1v) is 11.0. The van der Waals surface area contributed by atoms with Crippen molar-refractivity contribution in [2.24, 2.45) is 0 Å². The fourth-order valence-electron chi connectivity index (χ4n) is 3.39.